The molecule has 0 aliphatic heterocycles. The van der Waals surface area contributed by atoms with Crippen LogP contribution in [0.2, 0.25) is 5.02 Å². The summed E-state index contributed by atoms with van der Waals surface area (Å²) in [6, 6.07) is 4.97. The monoisotopic (exact) mass is 335 g/mol. The van der Waals surface area contributed by atoms with E-state index in [9.17, 15) is 12.8 Å². The van der Waals surface area contributed by atoms with E-state index < -0.39 is 15.8 Å². The Labute approximate surface area is 124 Å². The standard InChI is InChI=1S/C12H11ClFNO3S2/c1-7-12(5-9(6-16)19-7)20(17,18)15-11-4-8(13)2-3-10(11)14/h2-5,15-16H,6H2,1H3. The minimum atomic E-state index is -3.92. The van der Waals surface area contributed by atoms with E-state index >= 15 is 0 Å². The Morgan fingerprint density at radius 3 is 2.70 bits per heavy atom. The lowest BCUT2D eigenvalue weighted by Crippen LogP contribution is -2.14. The van der Waals surface area contributed by atoms with Crippen LogP contribution in [-0.2, 0) is 16.6 Å². The van der Waals surface area contributed by atoms with Crippen molar-refractivity contribution >= 4 is 38.6 Å². The molecule has 8 heteroatoms. The highest BCUT2D eigenvalue weighted by Crippen LogP contribution is 2.28. The number of sulfonamides is 1. The second-order valence-corrected chi connectivity index (χ2v) is 7.45. The Hall–Kier alpha value is -1.15. The Morgan fingerprint density at radius 2 is 2.10 bits per heavy atom. The first-order valence-electron chi connectivity index (χ1n) is 5.51. The van der Waals surface area contributed by atoms with Crippen LogP contribution in [0.15, 0.2) is 29.2 Å². The van der Waals surface area contributed by atoms with E-state index in [4.69, 9.17) is 16.7 Å². The number of rotatable bonds is 4. The fourth-order valence-corrected chi connectivity index (χ4v) is 4.37. The van der Waals surface area contributed by atoms with Crippen molar-refractivity contribution in [2.24, 2.45) is 0 Å². The van der Waals surface area contributed by atoms with Gasteiger partial charge in [-0.2, -0.15) is 0 Å². The Bertz CT molecular complexity index is 743. The molecule has 2 rings (SSSR count). The maximum Gasteiger partial charge on any atom is 0.263 e. The average molecular weight is 336 g/mol. The van der Waals surface area contributed by atoms with Crippen LogP contribution in [0, 0.1) is 12.7 Å². The lowest BCUT2D eigenvalue weighted by atomic mass is 10.3. The van der Waals surface area contributed by atoms with Crippen LogP contribution < -0.4 is 4.72 Å². The van der Waals surface area contributed by atoms with Crippen molar-refractivity contribution in [2.75, 3.05) is 4.72 Å². The number of nitrogens with one attached hydrogen (secondary N) is 1. The molecule has 0 aliphatic rings. The maximum absolute atomic E-state index is 13.6. The number of halogens is 2. The van der Waals surface area contributed by atoms with Crippen LogP contribution in [-0.4, -0.2) is 13.5 Å². The number of benzene rings is 1. The van der Waals surface area contributed by atoms with Crippen molar-refractivity contribution in [2.45, 2.75) is 18.4 Å². The molecule has 0 atom stereocenters. The highest BCUT2D eigenvalue weighted by Gasteiger charge is 2.21. The summed E-state index contributed by atoms with van der Waals surface area (Å²) in [5, 5.41) is 9.25. The summed E-state index contributed by atoms with van der Waals surface area (Å²) >= 11 is 6.89. The number of aryl methyl sites for hydroxylation is 1. The van der Waals surface area contributed by atoms with E-state index in [1.54, 1.807) is 6.92 Å². The van der Waals surface area contributed by atoms with E-state index in [1.807, 2.05) is 0 Å². The lowest BCUT2D eigenvalue weighted by Gasteiger charge is -2.08. The van der Waals surface area contributed by atoms with Crippen LogP contribution in [0.25, 0.3) is 0 Å². The number of hydrogen-bond acceptors (Lipinski definition) is 4. The first-order chi connectivity index (χ1) is 9.33. The van der Waals surface area contributed by atoms with Gasteiger partial charge in [0, 0.05) is 14.8 Å². The largest absolute Gasteiger partial charge is 0.391 e. The van der Waals surface area contributed by atoms with Crippen molar-refractivity contribution in [1.82, 2.24) is 0 Å². The van der Waals surface area contributed by atoms with Crippen molar-refractivity contribution in [1.29, 1.82) is 0 Å². The van der Waals surface area contributed by atoms with Gasteiger partial charge < -0.3 is 5.11 Å². The van der Waals surface area contributed by atoms with Gasteiger partial charge in [-0.05, 0) is 31.2 Å². The first-order valence-corrected chi connectivity index (χ1v) is 8.19. The first kappa shape index (κ1) is 15.2. The van der Waals surface area contributed by atoms with Gasteiger partial charge in [0.25, 0.3) is 10.0 Å². The summed E-state index contributed by atoms with van der Waals surface area (Å²) in [6.07, 6.45) is 0. The molecule has 1 heterocycles. The quantitative estimate of drug-likeness (QED) is 0.902. The summed E-state index contributed by atoms with van der Waals surface area (Å²) in [5.41, 5.74) is -0.214. The van der Waals surface area contributed by atoms with Crippen LogP contribution in [0.1, 0.15) is 9.75 Å². The van der Waals surface area contributed by atoms with E-state index in [-0.39, 0.29) is 22.2 Å². The fraction of sp³-hybridized carbons (Fsp3) is 0.167. The van der Waals surface area contributed by atoms with Gasteiger partial charge in [-0.15, -0.1) is 11.3 Å². The number of hydrogen-bond donors (Lipinski definition) is 2. The van der Waals surface area contributed by atoms with Crippen LogP contribution in [0.4, 0.5) is 10.1 Å². The van der Waals surface area contributed by atoms with Gasteiger partial charge in [0.1, 0.15) is 10.7 Å². The molecule has 20 heavy (non-hydrogen) atoms. The minimum absolute atomic E-state index is 0.0194. The van der Waals surface area contributed by atoms with E-state index in [0.717, 1.165) is 6.07 Å². The van der Waals surface area contributed by atoms with Crippen LogP contribution in [0.5, 0.6) is 0 Å². The van der Waals surface area contributed by atoms with E-state index in [1.165, 1.54) is 29.5 Å². The third-order valence-corrected chi connectivity index (χ3v) is 5.43. The summed E-state index contributed by atoms with van der Waals surface area (Å²) in [6.45, 7) is 1.37. The maximum atomic E-state index is 13.6. The normalized spacial score (nSPS) is 11.6. The zero-order valence-corrected chi connectivity index (χ0v) is 12.7. The van der Waals surface area contributed by atoms with Crippen molar-refractivity contribution in [3.8, 4) is 0 Å². The van der Waals surface area contributed by atoms with Gasteiger partial charge in [-0.1, -0.05) is 11.6 Å². The second-order valence-electron chi connectivity index (χ2n) is 4.02. The third kappa shape index (κ3) is 3.12. The summed E-state index contributed by atoms with van der Waals surface area (Å²) in [5.74, 6) is -0.715. The van der Waals surface area contributed by atoms with Crippen LogP contribution >= 0.6 is 22.9 Å². The molecule has 0 bridgehead atoms. The number of thiophene rings is 1. The molecule has 1 aromatic heterocycles. The summed E-state index contributed by atoms with van der Waals surface area (Å²) < 4.78 is 40.2. The predicted molar refractivity (Wildman–Crippen MR) is 77.2 cm³/mol. The third-order valence-electron chi connectivity index (χ3n) is 2.54. The van der Waals surface area contributed by atoms with Crippen molar-refractivity contribution in [3.63, 3.8) is 0 Å². The van der Waals surface area contributed by atoms with Gasteiger partial charge in [-0.3, -0.25) is 4.72 Å². The Balaban J connectivity index is 2.40. The Kier molecular flexibility index (Phi) is 4.33. The minimum Gasteiger partial charge on any atom is -0.391 e. The number of anilines is 1. The van der Waals surface area contributed by atoms with Gasteiger partial charge in [-0.25, -0.2) is 12.8 Å². The van der Waals surface area contributed by atoms with E-state index in [0.29, 0.717) is 9.75 Å². The molecular weight excluding hydrogens is 325 g/mol. The number of aliphatic hydroxyl groups excluding tert-OH is 1. The molecule has 108 valence electrons. The van der Waals surface area contributed by atoms with Gasteiger partial charge in [0.2, 0.25) is 0 Å². The molecule has 4 nitrogen and oxygen atoms in total. The molecule has 0 aliphatic carbocycles. The van der Waals surface area contributed by atoms with Crippen molar-refractivity contribution in [3.05, 3.63) is 44.9 Å². The fourth-order valence-electron chi connectivity index (χ4n) is 1.64. The molecule has 0 spiro atoms. The molecule has 2 N–H and O–H groups in total. The van der Waals surface area contributed by atoms with Crippen LogP contribution in [0.3, 0.4) is 0 Å². The molecule has 0 fully saturated rings. The molecule has 0 unspecified atom stereocenters. The second kappa shape index (κ2) is 5.69. The average Bonchev–Trinajstić information content (AvgIpc) is 2.76. The molecule has 2 aromatic rings. The lowest BCUT2D eigenvalue weighted by molar-refractivity contribution is 0.285. The SMILES string of the molecule is Cc1sc(CO)cc1S(=O)(=O)Nc1cc(Cl)ccc1F. The molecule has 0 saturated heterocycles. The van der Waals surface area contributed by atoms with Gasteiger partial charge >= 0.3 is 0 Å². The zero-order chi connectivity index (χ0) is 14.9. The topological polar surface area (TPSA) is 66.4 Å². The molecule has 0 radical (unpaired) electrons. The molecule has 0 saturated carbocycles. The number of aliphatic hydroxyl groups is 1. The summed E-state index contributed by atoms with van der Waals surface area (Å²) in [7, 11) is -3.92. The smallest absolute Gasteiger partial charge is 0.263 e. The van der Waals surface area contributed by atoms with Crippen molar-refractivity contribution < 1.29 is 17.9 Å². The van der Waals surface area contributed by atoms with Gasteiger partial charge in [0.15, 0.2) is 0 Å². The highest BCUT2D eigenvalue weighted by molar-refractivity contribution is 7.93. The molecule has 0 amide bonds. The summed E-state index contributed by atoms with van der Waals surface area (Å²) in [4.78, 5) is 1.06. The Morgan fingerprint density at radius 1 is 1.40 bits per heavy atom. The predicted octanol–water partition coefficient (Wildman–Crippen LogP) is 3.14. The zero-order valence-electron chi connectivity index (χ0n) is 10.4. The van der Waals surface area contributed by atoms with E-state index in [2.05, 4.69) is 4.72 Å². The highest BCUT2D eigenvalue weighted by atomic mass is 35.5. The molecular formula is C12H11ClFNO3S2. The van der Waals surface area contributed by atoms with Gasteiger partial charge in [0.05, 0.1) is 12.3 Å². The molecule has 1 aromatic carbocycles.